The number of benzene rings is 2. The van der Waals surface area contributed by atoms with E-state index in [1.807, 2.05) is 24.5 Å². The van der Waals surface area contributed by atoms with Gasteiger partial charge in [-0.1, -0.05) is 36.1 Å². The number of rotatable bonds is 4. The van der Waals surface area contributed by atoms with Crippen molar-refractivity contribution in [3.05, 3.63) is 95.3 Å². The number of aromatic nitrogens is 2. The molecule has 5 nitrogen and oxygen atoms in total. The summed E-state index contributed by atoms with van der Waals surface area (Å²) in [5.41, 5.74) is 3.61. The van der Waals surface area contributed by atoms with Crippen LogP contribution in [0.25, 0.3) is 0 Å². The monoisotopic (exact) mass is 456 g/mol. The first-order valence-corrected chi connectivity index (χ1v) is 11.9. The zero-order chi connectivity index (χ0) is 23.3. The van der Waals surface area contributed by atoms with Crippen LogP contribution in [-0.4, -0.2) is 63.2 Å². The number of aliphatic hydroxyl groups is 1. The van der Waals surface area contributed by atoms with Gasteiger partial charge in [-0.15, -0.1) is 0 Å². The quantitative estimate of drug-likeness (QED) is 0.610. The van der Waals surface area contributed by atoms with E-state index in [9.17, 15) is 9.50 Å². The van der Waals surface area contributed by atoms with Crippen LogP contribution in [0.2, 0.25) is 0 Å². The van der Waals surface area contributed by atoms with Crippen molar-refractivity contribution < 1.29 is 9.50 Å². The van der Waals surface area contributed by atoms with Gasteiger partial charge >= 0.3 is 0 Å². The highest BCUT2D eigenvalue weighted by molar-refractivity contribution is 5.44. The predicted octanol–water partition coefficient (Wildman–Crippen LogP) is 3.44. The Balaban J connectivity index is 1.33. The second kappa shape index (κ2) is 10.4. The van der Waals surface area contributed by atoms with Crippen molar-refractivity contribution in [2.45, 2.75) is 37.4 Å². The molecule has 0 aliphatic carbocycles. The van der Waals surface area contributed by atoms with Crippen LogP contribution >= 0.6 is 0 Å². The van der Waals surface area contributed by atoms with Crippen molar-refractivity contribution in [2.75, 3.05) is 26.2 Å². The summed E-state index contributed by atoms with van der Waals surface area (Å²) in [4.78, 5) is 13.3. The van der Waals surface area contributed by atoms with E-state index in [2.05, 4.69) is 43.7 Å². The van der Waals surface area contributed by atoms with Crippen molar-refractivity contribution in [1.82, 2.24) is 19.8 Å². The van der Waals surface area contributed by atoms with Crippen LogP contribution in [-0.2, 0) is 6.54 Å². The molecule has 6 heteroatoms. The molecule has 0 spiro atoms. The molecule has 2 aliphatic heterocycles. The molecule has 1 N–H and O–H groups in total. The molecule has 3 heterocycles. The van der Waals surface area contributed by atoms with Crippen LogP contribution in [0.3, 0.4) is 0 Å². The summed E-state index contributed by atoms with van der Waals surface area (Å²) < 4.78 is 13.8. The fraction of sp³-hybridized carbons (Fsp3) is 0.357. The molecule has 0 radical (unpaired) electrons. The second-order valence-electron chi connectivity index (χ2n) is 9.12. The van der Waals surface area contributed by atoms with Crippen molar-refractivity contribution in [3.8, 4) is 11.8 Å². The maximum atomic E-state index is 13.8. The van der Waals surface area contributed by atoms with Crippen LogP contribution in [0.5, 0.6) is 0 Å². The molecule has 2 saturated heterocycles. The van der Waals surface area contributed by atoms with E-state index >= 15 is 0 Å². The third-order valence-corrected chi connectivity index (χ3v) is 6.99. The van der Waals surface area contributed by atoms with E-state index in [-0.39, 0.29) is 24.4 Å². The summed E-state index contributed by atoms with van der Waals surface area (Å²) in [6, 6.07) is 15.3. The molecule has 3 aromatic rings. The van der Waals surface area contributed by atoms with E-state index in [1.54, 1.807) is 24.5 Å². The highest BCUT2D eigenvalue weighted by Crippen LogP contribution is 2.42. The van der Waals surface area contributed by atoms with Gasteiger partial charge < -0.3 is 5.11 Å². The minimum absolute atomic E-state index is 0.139. The Morgan fingerprint density at radius 1 is 0.971 bits per heavy atom. The van der Waals surface area contributed by atoms with Crippen LogP contribution < -0.4 is 0 Å². The Hall–Kier alpha value is -3.11. The molecule has 2 fully saturated rings. The zero-order valence-corrected chi connectivity index (χ0v) is 19.1. The number of nitrogens with zero attached hydrogens (tertiary/aromatic N) is 4. The maximum Gasteiger partial charge on any atom is 0.138 e. The van der Waals surface area contributed by atoms with E-state index < -0.39 is 0 Å². The minimum Gasteiger partial charge on any atom is -0.395 e. The smallest absolute Gasteiger partial charge is 0.138 e. The summed E-state index contributed by atoms with van der Waals surface area (Å²) in [7, 11) is 0. The van der Waals surface area contributed by atoms with Gasteiger partial charge in [-0.05, 0) is 55.8 Å². The van der Waals surface area contributed by atoms with Gasteiger partial charge in [-0.25, -0.2) is 14.4 Å². The third kappa shape index (κ3) is 4.88. The van der Waals surface area contributed by atoms with Gasteiger partial charge in [0.2, 0.25) is 0 Å². The van der Waals surface area contributed by atoms with Crippen LogP contribution in [0.4, 0.5) is 4.39 Å². The molecule has 1 aromatic heterocycles. The number of hydrogen-bond acceptors (Lipinski definition) is 5. The Labute approximate surface area is 200 Å². The predicted molar refractivity (Wildman–Crippen MR) is 129 cm³/mol. The Morgan fingerprint density at radius 2 is 1.74 bits per heavy atom. The number of fused-ring (bicyclic) bond motifs is 1. The second-order valence-corrected chi connectivity index (χ2v) is 9.12. The number of hydrogen-bond donors (Lipinski definition) is 1. The van der Waals surface area contributed by atoms with Gasteiger partial charge in [-0.3, -0.25) is 9.80 Å². The van der Waals surface area contributed by atoms with Gasteiger partial charge in [0.1, 0.15) is 12.1 Å². The van der Waals surface area contributed by atoms with E-state index in [1.165, 1.54) is 11.6 Å². The molecule has 5 rings (SSSR count). The lowest BCUT2D eigenvalue weighted by molar-refractivity contribution is -0.0655. The van der Waals surface area contributed by atoms with E-state index in [0.717, 1.165) is 50.1 Å². The average Bonchev–Trinajstić information content (AvgIpc) is 2.85. The molecular weight excluding hydrogens is 427 g/mol. The average molecular weight is 457 g/mol. The molecule has 2 aromatic carbocycles. The normalized spacial score (nSPS) is 23.1. The SMILES string of the molecule is OC[C@@H]1[C@@H](c2ccc(C#Cc3ccccc3F)cc2)[C@@H]2CN(Cc3cncnc3)CCCCN12. The molecule has 174 valence electrons. The molecule has 0 unspecified atom stereocenters. The van der Waals surface area contributed by atoms with Gasteiger partial charge in [0.05, 0.1) is 12.2 Å². The standard InChI is InChI=1S/C28H29FN4O/c29-25-6-2-1-5-23(25)10-7-21-8-11-24(12-9-21)28-26-18-32(17-22-15-30-20-31-16-22)13-3-4-14-33(26)27(28)19-34/h1-2,5-6,8-9,11-12,15-16,20,26-28,34H,3-4,13-14,17-19H2/t26-,27+,28-/m0/s1. The van der Waals surface area contributed by atoms with Crippen molar-refractivity contribution in [3.63, 3.8) is 0 Å². The van der Waals surface area contributed by atoms with E-state index in [4.69, 9.17) is 0 Å². The lowest BCUT2D eigenvalue weighted by atomic mass is 9.74. The molecule has 3 atom stereocenters. The Morgan fingerprint density at radius 3 is 2.50 bits per heavy atom. The van der Waals surface area contributed by atoms with Crippen molar-refractivity contribution in [2.24, 2.45) is 0 Å². The largest absolute Gasteiger partial charge is 0.395 e. The molecule has 0 bridgehead atoms. The van der Waals surface area contributed by atoms with Gasteiger partial charge in [0.15, 0.2) is 0 Å². The summed E-state index contributed by atoms with van der Waals surface area (Å²) >= 11 is 0. The highest BCUT2D eigenvalue weighted by atomic mass is 19.1. The highest BCUT2D eigenvalue weighted by Gasteiger charge is 2.48. The van der Waals surface area contributed by atoms with Gasteiger partial charge in [-0.2, -0.15) is 0 Å². The summed E-state index contributed by atoms with van der Waals surface area (Å²) in [5, 5.41) is 10.2. The van der Waals surface area contributed by atoms with Crippen molar-refractivity contribution in [1.29, 1.82) is 0 Å². The van der Waals surface area contributed by atoms with Gasteiger partial charge in [0, 0.05) is 54.6 Å². The minimum atomic E-state index is -0.303. The van der Waals surface area contributed by atoms with Crippen molar-refractivity contribution >= 4 is 0 Å². The van der Waals surface area contributed by atoms with Crippen LogP contribution in [0.15, 0.2) is 67.3 Å². The zero-order valence-electron chi connectivity index (χ0n) is 19.1. The van der Waals surface area contributed by atoms with Gasteiger partial charge in [0.25, 0.3) is 0 Å². The summed E-state index contributed by atoms with van der Waals surface area (Å²) in [6.45, 7) is 4.03. The molecule has 2 aliphatic rings. The van der Waals surface area contributed by atoms with Crippen LogP contribution in [0, 0.1) is 17.7 Å². The molecule has 34 heavy (non-hydrogen) atoms. The first-order chi connectivity index (χ1) is 16.7. The third-order valence-electron chi connectivity index (χ3n) is 6.99. The Bertz CT molecular complexity index is 1160. The topological polar surface area (TPSA) is 52.5 Å². The molecular formula is C28H29FN4O. The fourth-order valence-corrected chi connectivity index (χ4v) is 5.32. The molecule has 0 saturated carbocycles. The lowest BCUT2D eigenvalue weighted by Gasteiger charge is -2.57. The molecule has 0 amide bonds. The Kier molecular flexibility index (Phi) is 6.96. The number of aliphatic hydroxyl groups excluding tert-OH is 1. The van der Waals surface area contributed by atoms with Crippen LogP contribution in [0.1, 0.15) is 41.0 Å². The first kappa shape index (κ1) is 22.7. The summed E-state index contributed by atoms with van der Waals surface area (Å²) in [5.74, 6) is 5.96. The van der Waals surface area contributed by atoms with E-state index in [0.29, 0.717) is 11.6 Å². The summed E-state index contributed by atoms with van der Waals surface area (Å²) in [6.07, 6.45) is 7.62. The first-order valence-electron chi connectivity index (χ1n) is 11.9. The number of halogens is 1. The fourth-order valence-electron chi connectivity index (χ4n) is 5.32. The maximum absolute atomic E-state index is 13.8. The lowest BCUT2D eigenvalue weighted by Crippen LogP contribution is -2.67.